The second-order valence-electron chi connectivity index (χ2n) is 5.23. The number of carbonyl (C=O) groups excluding carboxylic acids is 2. The molecule has 0 saturated heterocycles. The number of likely N-dealkylation sites (N-methyl/N-ethyl adjacent to an activating group) is 1. The van der Waals surface area contributed by atoms with Crippen molar-refractivity contribution < 1.29 is 9.59 Å². The molecule has 20 heavy (non-hydrogen) atoms. The van der Waals surface area contributed by atoms with Gasteiger partial charge in [0.25, 0.3) is 0 Å². The van der Waals surface area contributed by atoms with Crippen LogP contribution < -0.4 is 5.32 Å². The molecule has 0 fully saturated rings. The van der Waals surface area contributed by atoms with Gasteiger partial charge in [-0.15, -0.1) is 0 Å². The minimum absolute atomic E-state index is 0.0859. The number of hydrogen-bond acceptors (Lipinski definition) is 2. The van der Waals surface area contributed by atoms with Gasteiger partial charge in [-0.05, 0) is 18.9 Å². The lowest BCUT2D eigenvalue weighted by atomic mass is 10.00. The van der Waals surface area contributed by atoms with E-state index in [0.29, 0.717) is 6.42 Å². The molecule has 1 aromatic rings. The normalized spacial score (nSPS) is 24.8. The third-order valence-electron chi connectivity index (χ3n) is 3.79. The predicted octanol–water partition coefficient (Wildman–Crippen LogP) is 1.52. The van der Waals surface area contributed by atoms with Crippen LogP contribution in [0.1, 0.15) is 19.4 Å². The minimum Gasteiger partial charge on any atom is -0.357 e. The fraction of sp³-hybridized carbons (Fsp3) is 0.375. The summed E-state index contributed by atoms with van der Waals surface area (Å²) in [5, 5.41) is 2.63. The molecule has 0 saturated carbocycles. The van der Waals surface area contributed by atoms with E-state index in [9.17, 15) is 9.59 Å². The summed E-state index contributed by atoms with van der Waals surface area (Å²) in [5.74, 6) is -0.262. The van der Waals surface area contributed by atoms with Crippen molar-refractivity contribution in [3.8, 4) is 0 Å². The van der Waals surface area contributed by atoms with Crippen LogP contribution in [0.25, 0.3) is 0 Å². The molecule has 1 N–H and O–H groups in total. The molecule has 0 unspecified atom stereocenters. The van der Waals surface area contributed by atoms with Crippen molar-refractivity contribution in [2.45, 2.75) is 31.8 Å². The number of hydrogen-bond donors (Lipinski definition) is 1. The zero-order chi connectivity index (χ0) is 14.8. The monoisotopic (exact) mass is 272 g/mol. The highest BCUT2D eigenvalue weighted by atomic mass is 16.2. The largest absolute Gasteiger partial charge is 0.357 e. The topological polar surface area (TPSA) is 49.4 Å². The maximum atomic E-state index is 12.1. The average Bonchev–Trinajstić information content (AvgIpc) is 2.77. The molecule has 4 heteroatoms. The molecule has 1 aliphatic heterocycles. The molecule has 2 rings (SSSR count). The minimum atomic E-state index is -0.903. The molecule has 2 amide bonds. The molecule has 1 heterocycles. The number of rotatable bonds is 3. The zero-order valence-corrected chi connectivity index (χ0v) is 12.1. The summed E-state index contributed by atoms with van der Waals surface area (Å²) in [6.07, 6.45) is 4.48. The van der Waals surface area contributed by atoms with E-state index in [0.717, 1.165) is 5.56 Å². The van der Waals surface area contributed by atoms with Crippen molar-refractivity contribution in [1.82, 2.24) is 10.2 Å². The highest BCUT2D eigenvalue weighted by molar-refractivity contribution is 5.93. The summed E-state index contributed by atoms with van der Waals surface area (Å²) in [6, 6.07) is 9.89. The Bertz CT molecular complexity index is 539. The van der Waals surface area contributed by atoms with E-state index in [1.807, 2.05) is 42.5 Å². The lowest BCUT2D eigenvalue weighted by molar-refractivity contribution is -0.142. The first kappa shape index (κ1) is 14.3. The third kappa shape index (κ3) is 2.46. The van der Waals surface area contributed by atoms with Crippen molar-refractivity contribution in [3.63, 3.8) is 0 Å². The van der Waals surface area contributed by atoms with Gasteiger partial charge in [-0.25, -0.2) is 0 Å². The smallest absolute Gasteiger partial charge is 0.249 e. The fourth-order valence-electron chi connectivity index (χ4n) is 2.82. The molecule has 1 aliphatic rings. The molecule has 4 nitrogen and oxygen atoms in total. The van der Waals surface area contributed by atoms with Crippen LogP contribution in [0, 0.1) is 0 Å². The van der Waals surface area contributed by atoms with Gasteiger partial charge in [-0.2, -0.15) is 0 Å². The van der Waals surface area contributed by atoms with E-state index in [2.05, 4.69) is 5.32 Å². The van der Waals surface area contributed by atoms with Gasteiger partial charge in [0.1, 0.15) is 5.54 Å². The Morgan fingerprint density at radius 2 is 1.95 bits per heavy atom. The summed E-state index contributed by atoms with van der Waals surface area (Å²) in [5.41, 5.74) is 0.245. The zero-order valence-electron chi connectivity index (χ0n) is 12.1. The number of nitrogens with one attached hydrogen (secondary N) is 1. The van der Waals surface area contributed by atoms with Crippen molar-refractivity contribution in [2.24, 2.45) is 0 Å². The second-order valence-corrected chi connectivity index (χ2v) is 5.23. The standard InChI is InChI=1S/C16H20N2O2/c1-12(19)18-14(11-13-7-5-4-6-8-13)9-10-16(18,2)15(20)17-3/h4-10,14H,11H2,1-3H3,(H,17,20)/t14-,16+/m0/s1. The quantitative estimate of drug-likeness (QED) is 0.848. The molecule has 2 atom stereocenters. The SMILES string of the molecule is CNC(=O)[C@@]1(C)C=C[C@@H](Cc2ccccc2)N1C(C)=O. The molecule has 0 radical (unpaired) electrons. The van der Waals surface area contributed by atoms with Gasteiger partial charge in [-0.1, -0.05) is 42.5 Å². The summed E-state index contributed by atoms with van der Waals surface area (Å²) in [6.45, 7) is 3.28. The average molecular weight is 272 g/mol. The van der Waals surface area contributed by atoms with E-state index >= 15 is 0 Å². The van der Waals surface area contributed by atoms with Crippen LogP contribution in [0.4, 0.5) is 0 Å². The number of benzene rings is 1. The molecule has 0 spiro atoms. The summed E-state index contributed by atoms with van der Waals surface area (Å²) < 4.78 is 0. The van der Waals surface area contributed by atoms with E-state index in [4.69, 9.17) is 0 Å². The van der Waals surface area contributed by atoms with E-state index in [-0.39, 0.29) is 17.9 Å². The Hall–Kier alpha value is -2.10. The Morgan fingerprint density at radius 3 is 2.50 bits per heavy atom. The summed E-state index contributed by atoms with van der Waals surface area (Å²) >= 11 is 0. The molecule has 0 bridgehead atoms. The Balaban J connectivity index is 2.26. The van der Waals surface area contributed by atoms with E-state index in [1.54, 1.807) is 18.9 Å². The van der Waals surface area contributed by atoms with Crippen LogP contribution in [0.15, 0.2) is 42.5 Å². The van der Waals surface area contributed by atoms with Crippen LogP contribution in [-0.2, 0) is 16.0 Å². The third-order valence-corrected chi connectivity index (χ3v) is 3.79. The number of amides is 2. The molecular formula is C16H20N2O2. The lowest BCUT2D eigenvalue weighted by Crippen LogP contribution is -2.57. The van der Waals surface area contributed by atoms with Gasteiger partial charge in [0, 0.05) is 14.0 Å². The van der Waals surface area contributed by atoms with Crippen molar-refractivity contribution in [3.05, 3.63) is 48.0 Å². The Morgan fingerprint density at radius 1 is 1.30 bits per heavy atom. The Kier molecular flexibility index (Phi) is 3.93. The van der Waals surface area contributed by atoms with Gasteiger partial charge in [0.2, 0.25) is 11.8 Å². The highest BCUT2D eigenvalue weighted by Gasteiger charge is 2.45. The van der Waals surface area contributed by atoms with Gasteiger partial charge in [-0.3, -0.25) is 9.59 Å². The first-order chi connectivity index (χ1) is 9.49. The van der Waals surface area contributed by atoms with Crippen LogP contribution in [0.2, 0.25) is 0 Å². The molecule has 0 aromatic heterocycles. The van der Waals surface area contributed by atoms with Gasteiger partial charge in [0.15, 0.2) is 0 Å². The number of nitrogens with zero attached hydrogens (tertiary/aromatic N) is 1. The highest BCUT2D eigenvalue weighted by Crippen LogP contribution is 2.29. The lowest BCUT2D eigenvalue weighted by Gasteiger charge is -2.36. The second kappa shape index (κ2) is 5.49. The predicted molar refractivity (Wildman–Crippen MR) is 78.1 cm³/mol. The maximum absolute atomic E-state index is 12.1. The van der Waals surface area contributed by atoms with Crippen LogP contribution >= 0.6 is 0 Å². The summed E-state index contributed by atoms with van der Waals surface area (Å²) in [7, 11) is 1.59. The van der Waals surface area contributed by atoms with Crippen LogP contribution in [-0.4, -0.2) is 35.3 Å². The first-order valence-corrected chi connectivity index (χ1v) is 6.74. The molecule has 1 aromatic carbocycles. The van der Waals surface area contributed by atoms with Gasteiger partial charge < -0.3 is 10.2 Å². The Labute approximate surface area is 119 Å². The molecule has 106 valence electrons. The first-order valence-electron chi connectivity index (χ1n) is 6.74. The van der Waals surface area contributed by atoms with Crippen LogP contribution in [0.5, 0.6) is 0 Å². The van der Waals surface area contributed by atoms with Gasteiger partial charge in [0.05, 0.1) is 6.04 Å². The maximum Gasteiger partial charge on any atom is 0.249 e. The number of carbonyl (C=O) groups is 2. The fourth-order valence-corrected chi connectivity index (χ4v) is 2.82. The van der Waals surface area contributed by atoms with Crippen molar-refractivity contribution in [1.29, 1.82) is 0 Å². The molecular weight excluding hydrogens is 252 g/mol. The van der Waals surface area contributed by atoms with E-state index in [1.165, 1.54) is 6.92 Å². The van der Waals surface area contributed by atoms with Crippen molar-refractivity contribution in [2.75, 3.05) is 7.05 Å². The summed E-state index contributed by atoms with van der Waals surface area (Å²) in [4.78, 5) is 25.7. The van der Waals surface area contributed by atoms with Crippen LogP contribution in [0.3, 0.4) is 0 Å². The van der Waals surface area contributed by atoms with E-state index < -0.39 is 5.54 Å². The molecule has 0 aliphatic carbocycles. The van der Waals surface area contributed by atoms with Gasteiger partial charge >= 0.3 is 0 Å². The van der Waals surface area contributed by atoms with Crippen molar-refractivity contribution >= 4 is 11.8 Å².